The maximum atomic E-state index is 12.8. The largest absolute Gasteiger partial charge is 0.464 e. The number of nitrogens with zero attached hydrogens (tertiary/aromatic N) is 2. The van der Waals surface area contributed by atoms with Crippen molar-refractivity contribution in [3.63, 3.8) is 0 Å². The van der Waals surface area contributed by atoms with E-state index in [9.17, 15) is 18.0 Å². The van der Waals surface area contributed by atoms with Crippen molar-refractivity contribution in [1.29, 1.82) is 0 Å². The summed E-state index contributed by atoms with van der Waals surface area (Å²) in [5.74, 6) is -1.01. The Hall–Kier alpha value is -1.99. The Morgan fingerprint density at radius 1 is 1.45 bits per heavy atom. The van der Waals surface area contributed by atoms with E-state index in [0.29, 0.717) is 5.13 Å². The number of ether oxygens (including phenoxy) is 1. The molecule has 2 unspecified atom stereocenters. The lowest BCUT2D eigenvalue weighted by molar-refractivity contribution is -0.145. The van der Waals surface area contributed by atoms with Crippen LogP contribution in [0.3, 0.4) is 0 Å². The van der Waals surface area contributed by atoms with Crippen LogP contribution in [0.1, 0.15) is 24.2 Å². The smallest absolute Gasteiger partial charge is 0.330 e. The van der Waals surface area contributed by atoms with Crippen LogP contribution in [-0.4, -0.2) is 43.9 Å². The van der Waals surface area contributed by atoms with Crippen molar-refractivity contribution >= 4 is 51.0 Å². The molecule has 29 heavy (non-hydrogen) atoms. The van der Waals surface area contributed by atoms with Crippen molar-refractivity contribution in [2.24, 2.45) is 0 Å². The Labute approximate surface area is 177 Å². The van der Waals surface area contributed by atoms with Gasteiger partial charge in [-0.25, -0.2) is 18.2 Å². The van der Waals surface area contributed by atoms with Gasteiger partial charge in [0, 0.05) is 5.38 Å². The van der Waals surface area contributed by atoms with Crippen LogP contribution in [-0.2, 0) is 24.3 Å². The maximum absolute atomic E-state index is 12.8. The van der Waals surface area contributed by atoms with Crippen molar-refractivity contribution in [3.8, 4) is 0 Å². The van der Waals surface area contributed by atoms with Gasteiger partial charge < -0.3 is 4.74 Å². The number of hydrogen-bond donors (Lipinski definition) is 3. The van der Waals surface area contributed by atoms with E-state index in [1.54, 1.807) is 19.1 Å². The van der Waals surface area contributed by atoms with Crippen LogP contribution in [0.15, 0.2) is 34.5 Å². The molecule has 0 aliphatic carbocycles. The number of amides is 1. The topological polar surface area (TPSA) is 118 Å². The number of carbonyl (C=O) groups excluding carboxylic acids is 2. The van der Waals surface area contributed by atoms with Gasteiger partial charge in [-0.1, -0.05) is 17.7 Å². The second kappa shape index (κ2) is 8.79. The van der Waals surface area contributed by atoms with E-state index in [1.165, 1.54) is 22.4 Å². The normalized spacial score (nSPS) is 18.1. The average molecular weight is 457 g/mol. The highest BCUT2D eigenvalue weighted by molar-refractivity contribution is 7.89. The fourth-order valence-corrected chi connectivity index (χ4v) is 5.08. The van der Waals surface area contributed by atoms with Gasteiger partial charge in [-0.2, -0.15) is 4.72 Å². The number of carbonyl (C=O) groups is 2. The number of rotatable bonds is 7. The highest BCUT2D eigenvalue weighted by Crippen LogP contribution is 2.29. The lowest BCUT2D eigenvalue weighted by Gasteiger charge is -2.17. The number of nitrogens with one attached hydrogen (secondary N) is 2. The summed E-state index contributed by atoms with van der Waals surface area (Å²) in [6, 6.07) is 4.87. The lowest BCUT2D eigenvalue weighted by atomic mass is 10.2. The van der Waals surface area contributed by atoms with Gasteiger partial charge in [0.2, 0.25) is 15.9 Å². The molecule has 2 atom stereocenters. The summed E-state index contributed by atoms with van der Waals surface area (Å²) in [6.45, 7) is 3.65. The Bertz CT molecular complexity index is 1010. The molecule has 0 radical (unpaired) electrons. The minimum Gasteiger partial charge on any atom is -0.464 e. The average Bonchev–Trinajstić information content (AvgIpc) is 3.26. The maximum Gasteiger partial charge on any atom is 0.330 e. The molecule has 2 aromatic rings. The second-order valence-electron chi connectivity index (χ2n) is 6.19. The van der Waals surface area contributed by atoms with Crippen molar-refractivity contribution in [1.82, 2.24) is 15.0 Å². The Morgan fingerprint density at radius 3 is 2.72 bits per heavy atom. The lowest BCUT2D eigenvalue weighted by Crippen LogP contribution is -2.36. The number of anilines is 1. The third-order valence-electron chi connectivity index (χ3n) is 4.09. The van der Waals surface area contributed by atoms with E-state index in [2.05, 4.69) is 27.7 Å². The molecule has 12 heteroatoms. The van der Waals surface area contributed by atoms with Gasteiger partial charge in [0.15, 0.2) is 11.2 Å². The predicted octanol–water partition coefficient (Wildman–Crippen LogP) is 1.18. The zero-order chi connectivity index (χ0) is 21.2. The van der Waals surface area contributed by atoms with E-state index in [-0.39, 0.29) is 29.6 Å². The summed E-state index contributed by atoms with van der Waals surface area (Å²) >= 11 is 5.38. The van der Waals surface area contributed by atoms with E-state index in [0.717, 1.165) is 16.9 Å². The van der Waals surface area contributed by atoms with Gasteiger partial charge in [0.05, 0.1) is 23.7 Å². The molecular formula is C17H20N4O5S3. The predicted molar refractivity (Wildman–Crippen MR) is 111 cm³/mol. The van der Waals surface area contributed by atoms with E-state index in [1.807, 2.05) is 6.92 Å². The molecule has 2 heterocycles. The molecule has 3 rings (SSSR count). The van der Waals surface area contributed by atoms with Gasteiger partial charge >= 0.3 is 5.97 Å². The number of thiol groups is 1. The molecule has 2 N–H and O–H groups in total. The summed E-state index contributed by atoms with van der Waals surface area (Å²) < 4.78 is 32.9. The fraction of sp³-hybridized carbons (Fsp3) is 0.353. The van der Waals surface area contributed by atoms with Crippen molar-refractivity contribution in [2.45, 2.75) is 30.3 Å². The molecule has 9 nitrogen and oxygen atoms in total. The van der Waals surface area contributed by atoms with Gasteiger partial charge in [-0.3, -0.25) is 15.0 Å². The van der Waals surface area contributed by atoms with Crippen LogP contribution >= 0.6 is 24.0 Å². The molecule has 1 aliphatic heterocycles. The number of hydrogen-bond acceptors (Lipinski definition) is 9. The molecule has 1 aromatic heterocycles. The third-order valence-corrected chi connectivity index (χ3v) is 6.80. The Morgan fingerprint density at radius 2 is 2.14 bits per heavy atom. The van der Waals surface area contributed by atoms with Gasteiger partial charge in [0.1, 0.15) is 5.50 Å². The zero-order valence-electron chi connectivity index (χ0n) is 15.7. The summed E-state index contributed by atoms with van der Waals surface area (Å²) in [6.07, 6.45) is 0. The zero-order valence-corrected chi connectivity index (χ0v) is 18.2. The third kappa shape index (κ3) is 4.78. The Balaban J connectivity index is 1.91. The van der Waals surface area contributed by atoms with Crippen LogP contribution in [0, 0.1) is 6.92 Å². The van der Waals surface area contributed by atoms with E-state index < -0.39 is 27.5 Å². The minimum absolute atomic E-state index is 0.0159. The van der Waals surface area contributed by atoms with E-state index in [4.69, 9.17) is 4.74 Å². The molecule has 156 valence electrons. The molecule has 0 spiro atoms. The number of thiazole rings is 1. The van der Waals surface area contributed by atoms with Crippen molar-refractivity contribution in [3.05, 3.63) is 40.9 Å². The first-order valence-corrected chi connectivity index (χ1v) is 11.6. The number of esters is 1. The molecule has 1 aromatic carbocycles. The van der Waals surface area contributed by atoms with Crippen LogP contribution in [0.2, 0.25) is 0 Å². The molecular weight excluding hydrogens is 436 g/mol. The SMILES string of the molecule is CCOC(=O)C(NS(=O)(=O)c1ccc(C)cc1)c1csc(N2C(=O)CNC2S)n1. The molecule has 1 fully saturated rings. The molecule has 1 saturated heterocycles. The van der Waals surface area contributed by atoms with Crippen LogP contribution in [0.4, 0.5) is 5.13 Å². The van der Waals surface area contributed by atoms with E-state index >= 15 is 0 Å². The molecule has 0 bridgehead atoms. The van der Waals surface area contributed by atoms with Gasteiger partial charge in [0.25, 0.3) is 0 Å². The number of benzene rings is 1. The van der Waals surface area contributed by atoms with Crippen molar-refractivity contribution < 1.29 is 22.7 Å². The number of aryl methyl sites for hydroxylation is 1. The fourth-order valence-electron chi connectivity index (χ4n) is 2.62. The number of aromatic nitrogens is 1. The minimum atomic E-state index is -4.01. The van der Waals surface area contributed by atoms with Gasteiger partial charge in [-0.05, 0) is 26.0 Å². The van der Waals surface area contributed by atoms with Gasteiger partial charge in [-0.15, -0.1) is 24.0 Å². The summed E-state index contributed by atoms with van der Waals surface area (Å²) in [4.78, 5) is 30.1. The summed E-state index contributed by atoms with van der Waals surface area (Å²) in [5.41, 5.74) is 0.492. The highest BCUT2D eigenvalue weighted by Gasteiger charge is 2.34. The van der Waals surface area contributed by atoms with Crippen LogP contribution in [0.5, 0.6) is 0 Å². The summed E-state index contributed by atoms with van der Waals surface area (Å²) in [5, 5.41) is 4.69. The first-order chi connectivity index (χ1) is 13.7. The summed E-state index contributed by atoms with van der Waals surface area (Å²) in [7, 11) is -4.01. The second-order valence-corrected chi connectivity index (χ2v) is 9.23. The van der Waals surface area contributed by atoms with Crippen LogP contribution in [0.25, 0.3) is 0 Å². The first-order valence-electron chi connectivity index (χ1n) is 8.67. The highest BCUT2D eigenvalue weighted by atomic mass is 32.2. The molecule has 1 aliphatic rings. The standard InChI is InChI=1S/C17H20N4O5S3/c1-3-26-15(23)14(20-29(24,25)11-6-4-10(2)5-7-11)12-9-28-17(19-12)21-13(22)8-18-16(21)27/h4-7,9,14,16,18,20,27H,3,8H2,1-2H3. The molecule has 0 saturated carbocycles. The monoisotopic (exact) mass is 456 g/mol. The van der Waals surface area contributed by atoms with Crippen molar-refractivity contribution in [2.75, 3.05) is 18.1 Å². The first kappa shape index (κ1) is 21.7. The number of sulfonamides is 1. The Kier molecular flexibility index (Phi) is 6.58. The molecule has 1 amide bonds. The quantitative estimate of drug-likeness (QED) is 0.423. The van der Waals surface area contributed by atoms with Crippen LogP contribution < -0.4 is 14.9 Å².